The highest BCUT2D eigenvalue weighted by Crippen LogP contribution is 2.50. The number of hydrogen-bond acceptors (Lipinski definition) is 3. The molecule has 5 nitrogen and oxygen atoms in total. The normalized spacial score (nSPS) is 26.9. The first-order valence-corrected chi connectivity index (χ1v) is 10.8. The number of hydrogen-bond donors (Lipinski definition) is 3. The van der Waals surface area contributed by atoms with Crippen molar-refractivity contribution in [3.63, 3.8) is 0 Å². The van der Waals surface area contributed by atoms with Crippen LogP contribution in [0.3, 0.4) is 0 Å². The van der Waals surface area contributed by atoms with E-state index in [0.717, 1.165) is 25.7 Å². The number of carbonyl (C=O) groups is 2. The molecule has 29 heavy (non-hydrogen) atoms. The third-order valence-corrected chi connectivity index (χ3v) is 7.29. The number of halogens is 3. The molecule has 0 radical (unpaired) electrons. The van der Waals surface area contributed by atoms with E-state index in [0.29, 0.717) is 12.8 Å². The van der Waals surface area contributed by atoms with Gasteiger partial charge in [-0.25, -0.2) is 4.39 Å². The number of amides is 2. The van der Waals surface area contributed by atoms with Crippen molar-refractivity contribution in [2.75, 3.05) is 0 Å². The lowest BCUT2D eigenvalue weighted by Gasteiger charge is -2.36. The summed E-state index contributed by atoms with van der Waals surface area (Å²) < 4.78 is 14.8. The van der Waals surface area contributed by atoms with Crippen molar-refractivity contribution in [1.29, 1.82) is 0 Å². The molecule has 2 aliphatic carbocycles. The lowest BCUT2D eigenvalue weighted by molar-refractivity contribution is -0.127. The minimum atomic E-state index is -0.584. The molecule has 0 bridgehead atoms. The van der Waals surface area contributed by atoms with Crippen molar-refractivity contribution in [3.8, 4) is 0 Å². The second-order valence-corrected chi connectivity index (χ2v) is 9.48. The van der Waals surface area contributed by atoms with Crippen LogP contribution < -0.4 is 16.4 Å². The van der Waals surface area contributed by atoms with Gasteiger partial charge in [0, 0.05) is 30.5 Å². The molecule has 2 amide bonds. The van der Waals surface area contributed by atoms with E-state index < -0.39 is 11.9 Å². The Bertz CT molecular complexity index is 798. The van der Waals surface area contributed by atoms with Gasteiger partial charge in [-0.05, 0) is 43.2 Å². The van der Waals surface area contributed by atoms with E-state index in [1.807, 2.05) is 0 Å². The highest BCUT2D eigenvalue weighted by atomic mass is 35.5. The van der Waals surface area contributed by atoms with Crippen LogP contribution in [0.2, 0.25) is 10.0 Å². The number of nitrogens with two attached hydrogens (primary N) is 1. The van der Waals surface area contributed by atoms with Crippen LogP contribution in [0.15, 0.2) is 12.1 Å². The van der Waals surface area contributed by atoms with Gasteiger partial charge in [0.25, 0.3) is 0 Å². The van der Waals surface area contributed by atoms with Gasteiger partial charge in [-0.15, -0.1) is 0 Å². The van der Waals surface area contributed by atoms with Gasteiger partial charge in [-0.3, -0.25) is 9.59 Å². The Labute approximate surface area is 180 Å². The number of benzene rings is 1. The second-order valence-electron chi connectivity index (χ2n) is 8.70. The maximum absolute atomic E-state index is 14.8. The summed E-state index contributed by atoms with van der Waals surface area (Å²) in [5.41, 5.74) is 6.05. The van der Waals surface area contributed by atoms with E-state index in [9.17, 15) is 14.0 Å². The molecule has 0 aromatic heterocycles. The topological polar surface area (TPSA) is 84.2 Å². The fraction of sp³-hybridized carbons (Fsp3) is 0.619. The van der Waals surface area contributed by atoms with E-state index in [1.165, 1.54) is 19.1 Å². The fourth-order valence-electron chi connectivity index (χ4n) is 4.85. The molecular weight excluding hydrogens is 416 g/mol. The Hall–Kier alpha value is -1.37. The molecule has 2 aliphatic rings. The molecule has 1 aromatic carbocycles. The second kappa shape index (κ2) is 8.78. The molecule has 1 aromatic rings. The molecule has 0 heterocycles. The zero-order valence-electron chi connectivity index (χ0n) is 16.7. The van der Waals surface area contributed by atoms with Crippen molar-refractivity contribution in [3.05, 3.63) is 33.6 Å². The average molecular weight is 444 g/mol. The summed E-state index contributed by atoms with van der Waals surface area (Å²) in [7, 11) is 0. The van der Waals surface area contributed by atoms with Crippen molar-refractivity contribution in [2.24, 2.45) is 17.1 Å². The Balaban J connectivity index is 1.86. The van der Waals surface area contributed by atoms with E-state index in [4.69, 9.17) is 28.9 Å². The van der Waals surface area contributed by atoms with Crippen molar-refractivity contribution in [2.45, 2.75) is 70.5 Å². The summed E-state index contributed by atoms with van der Waals surface area (Å²) in [4.78, 5) is 24.5. The Kier molecular flexibility index (Phi) is 6.76. The first kappa shape index (κ1) is 22.3. The molecule has 160 valence electrons. The van der Waals surface area contributed by atoms with Gasteiger partial charge in [0.1, 0.15) is 5.82 Å². The quantitative estimate of drug-likeness (QED) is 0.598. The molecular formula is C21H28Cl2FN3O2. The standard InChI is InChI=1S/C21H28Cl2FN3O2/c1-11(28)26-16-10-12(9-15(16)25)20(29)27-19(21(2)7-3-4-8-21)17-14(24)6-5-13(22)18(17)23/h5-6,12,15-16,19H,3-4,7-10,25H2,1-2H3,(H,26,28)(H,27,29)/t12?,15-,16+,19?/m1/s1. The monoisotopic (exact) mass is 443 g/mol. The van der Waals surface area contributed by atoms with Crippen LogP contribution >= 0.6 is 23.2 Å². The predicted molar refractivity (Wildman–Crippen MR) is 112 cm³/mol. The largest absolute Gasteiger partial charge is 0.352 e. The zero-order chi connectivity index (χ0) is 21.3. The lowest BCUT2D eigenvalue weighted by Crippen LogP contribution is -2.43. The van der Waals surface area contributed by atoms with Crippen LogP contribution in [-0.2, 0) is 9.59 Å². The van der Waals surface area contributed by atoms with Gasteiger partial charge in [-0.1, -0.05) is 43.0 Å². The molecule has 0 spiro atoms. The molecule has 4 N–H and O–H groups in total. The predicted octanol–water partition coefficient (Wildman–Crippen LogP) is 4.11. The molecule has 0 aliphatic heterocycles. The molecule has 3 rings (SSSR count). The van der Waals surface area contributed by atoms with Gasteiger partial charge in [-0.2, -0.15) is 0 Å². The van der Waals surface area contributed by atoms with Gasteiger partial charge < -0.3 is 16.4 Å². The molecule has 2 saturated carbocycles. The number of nitrogens with one attached hydrogen (secondary N) is 2. The Morgan fingerprint density at radius 3 is 2.52 bits per heavy atom. The first-order valence-electron chi connectivity index (χ1n) is 10.1. The molecule has 2 fully saturated rings. The summed E-state index contributed by atoms with van der Waals surface area (Å²) in [5, 5.41) is 6.28. The van der Waals surface area contributed by atoms with Gasteiger partial charge in [0.15, 0.2) is 0 Å². The summed E-state index contributed by atoms with van der Waals surface area (Å²) in [6.45, 7) is 3.49. The molecule has 4 atom stereocenters. The number of rotatable bonds is 5. The average Bonchev–Trinajstić information content (AvgIpc) is 3.24. The molecule has 2 unspecified atom stereocenters. The van der Waals surface area contributed by atoms with Crippen LogP contribution in [-0.4, -0.2) is 23.9 Å². The van der Waals surface area contributed by atoms with Gasteiger partial charge in [0.05, 0.1) is 16.1 Å². The van der Waals surface area contributed by atoms with Crippen molar-refractivity contribution in [1.82, 2.24) is 10.6 Å². The highest BCUT2D eigenvalue weighted by Gasteiger charge is 2.43. The summed E-state index contributed by atoms with van der Waals surface area (Å²) in [6.07, 6.45) is 4.68. The minimum absolute atomic E-state index is 0.143. The van der Waals surface area contributed by atoms with E-state index in [2.05, 4.69) is 17.6 Å². The third-order valence-electron chi connectivity index (χ3n) is 6.47. The maximum Gasteiger partial charge on any atom is 0.223 e. The van der Waals surface area contributed by atoms with Crippen LogP contribution in [0.25, 0.3) is 0 Å². The Morgan fingerprint density at radius 2 is 1.90 bits per heavy atom. The first-order chi connectivity index (χ1) is 13.6. The van der Waals surface area contributed by atoms with Crippen LogP contribution in [0.4, 0.5) is 4.39 Å². The van der Waals surface area contributed by atoms with E-state index in [-0.39, 0.29) is 50.8 Å². The van der Waals surface area contributed by atoms with Crippen LogP contribution in [0, 0.1) is 17.2 Å². The zero-order valence-corrected chi connectivity index (χ0v) is 18.2. The minimum Gasteiger partial charge on any atom is -0.352 e. The van der Waals surface area contributed by atoms with Crippen LogP contribution in [0.1, 0.15) is 64.0 Å². The fourth-order valence-corrected chi connectivity index (χ4v) is 5.27. The summed E-state index contributed by atoms with van der Waals surface area (Å²) in [5.74, 6) is -1.19. The maximum atomic E-state index is 14.8. The van der Waals surface area contributed by atoms with E-state index in [1.54, 1.807) is 0 Å². The number of carbonyl (C=O) groups excluding carboxylic acids is 2. The Morgan fingerprint density at radius 1 is 1.24 bits per heavy atom. The third kappa shape index (κ3) is 4.70. The molecule has 0 saturated heterocycles. The van der Waals surface area contributed by atoms with Crippen LogP contribution in [0.5, 0.6) is 0 Å². The van der Waals surface area contributed by atoms with Gasteiger partial charge in [0.2, 0.25) is 11.8 Å². The lowest BCUT2D eigenvalue weighted by atomic mass is 9.76. The smallest absolute Gasteiger partial charge is 0.223 e. The van der Waals surface area contributed by atoms with E-state index >= 15 is 0 Å². The summed E-state index contributed by atoms with van der Waals surface area (Å²) >= 11 is 12.6. The SMILES string of the molecule is CC(=O)N[C@H]1CC(C(=O)NC(c2c(F)ccc(Cl)c2Cl)C2(C)CCCC2)C[C@H]1N. The van der Waals surface area contributed by atoms with Gasteiger partial charge >= 0.3 is 0 Å². The summed E-state index contributed by atoms with van der Waals surface area (Å²) in [6, 6.07) is 1.60. The molecule has 8 heteroatoms. The highest BCUT2D eigenvalue weighted by molar-refractivity contribution is 6.42. The van der Waals surface area contributed by atoms with Crippen molar-refractivity contribution >= 4 is 35.0 Å². The van der Waals surface area contributed by atoms with Crippen molar-refractivity contribution < 1.29 is 14.0 Å².